The maximum atomic E-state index is 10.8. The summed E-state index contributed by atoms with van der Waals surface area (Å²) < 4.78 is 10.4. The van der Waals surface area contributed by atoms with E-state index in [1.165, 1.54) is 12.1 Å². The molecule has 0 fully saturated rings. The molecule has 1 heterocycles. The SMILES string of the molecule is COc1ccc([N+](=O)[O-])cc1CNCCc1ccco1. The van der Waals surface area contributed by atoms with E-state index in [4.69, 9.17) is 9.15 Å². The van der Waals surface area contributed by atoms with Crippen molar-refractivity contribution in [1.82, 2.24) is 5.32 Å². The van der Waals surface area contributed by atoms with Crippen LogP contribution in [0.4, 0.5) is 5.69 Å². The number of ether oxygens (including phenoxy) is 1. The van der Waals surface area contributed by atoms with Crippen molar-refractivity contribution in [3.63, 3.8) is 0 Å². The van der Waals surface area contributed by atoms with Crippen molar-refractivity contribution >= 4 is 5.69 Å². The molecule has 2 aromatic rings. The third kappa shape index (κ3) is 3.58. The molecule has 1 aromatic heterocycles. The van der Waals surface area contributed by atoms with Crippen LogP contribution in [0.3, 0.4) is 0 Å². The molecule has 0 unspecified atom stereocenters. The van der Waals surface area contributed by atoms with Crippen molar-refractivity contribution in [2.24, 2.45) is 0 Å². The number of nitrogens with one attached hydrogen (secondary N) is 1. The fraction of sp³-hybridized carbons (Fsp3) is 0.286. The Labute approximate surface area is 116 Å². The second-order valence-electron chi connectivity index (χ2n) is 4.26. The lowest BCUT2D eigenvalue weighted by Crippen LogP contribution is -2.17. The second-order valence-corrected chi connectivity index (χ2v) is 4.26. The minimum absolute atomic E-state index is 0.0636. The molecule has 0 bridgehead atoms. The molecule has 0 atom stereocenters. The zero-order chi connectivity index (χ0) is 14.4. The fourth-order valence-electron chi connectivity index (χ4n) is 1.91. The molecular formula is C14H16N2O4. The number of nitrogens with zero attached hydrogens (tertiary/aromatic N) is 1. The summed E-state index contributed by atoms with van der Waals surface area (Å²) in [5, 5.41) is 14.0. The van der Waals surface area contributed by atoms with Gasteiger partial charge in [-0.3, -0.25) is 10.1 Å². The molecule has 2 rings (SSSR count). The van der Waals surface area contributed by atoms with Gasteiger partial charge in [0.05, 0.1) is 18.3 Å². The van der Waals surface area contributed by atoms with Crippen LogP contribution in [-0.2, 0) is 13.0 Å². The van der Waals surface area contributed by atoms with E-state index >= 15 is 0 Å². The second kappa shape index (κ2) is 6.72. The van der Waals surface area contributed by atoms with Gasteiger partial charge in [-0.15, -0.1) is 0 Å². The number of hydrogen-bond acceptors (Lipinski definition) is 5. The third-order valence-electron chi connectivity index (χ3n) is 2.92. The number of rotatable bonds is 7. The molecule has 1 aromatic carbocycles. The van der Waals surface area contributed by atoms with E-state index in [-0.39, 0.29) is 5.69 Å². The molecule has 20 heavy (non-hydrogen) atoms. The molecule has 0 spiro atoms. The molecule has 0 aliphatic heterocycles. The Hall–Kier alpha value is -2.34. The molecule has 0 saturated heterocycles. The van der Waals surface area contributed by atoms with Gasteiger partial charge >= 0.3 is 0 Å². The minimum atomic E-state index is -0.411. The number of nitro groups is 1. The predicted molar refractivity (Wildman–Crippen MR) is 73.8 cm³/mol. The summed E-state index contributed by atoms with van der Waals surface area (Å²) in [5.41, 5.74) is 0.828. The first-order valence-electron chi connectivity index (χ1n) is 6.25. The molecule has 106 valence electrons. The maximum absolute atomic E-state index is 10.8. The summed E-state index contributed by atoms with van der Waals surface area (Å²) >= 11 is 0. The van der Waals surface area contributed by atoms with E-state index in [2.05, 4.69) is 5.32 Å². The lowest BCUT2D eigenvalue weighted by atomic mass is 10.1. The Bertz CT molecular complexity index is 567. The van der Waals surface area contributed by atoms with E-state index in [0.29, 0.717) is 12.3 Å². The summed E-state index contributed by atoms with van der Waals surface area (Å²) in [4.78, 5) is 10.4. The number of non-ortho nitro benzene ring substituents is 1. The first-order chi connectivity index (χ1) is 9.70. The van der Waals surface area contributed by atoms with Gasteiger partial charge in [0.2, 0.25) is 0 Å². The van der Waals surface area contributed by atoms with Gasteiger partial charge < -0.3 is 14.5 Å². The molecule has 6 heteroatoms. The monoisotopic (exact) mass is 276 g/mol. The van der Waals surface area contributed by atoms with Crippen LogP contribution in [0, 0.1) is 10.1 Å². The molecule has 0 saturated carbocycles. The van der Waals surface area contributed by atoms with Crippen LogP contribution < -0.4 is 10.1 Å². The van der Waals surface area contributed by atoms with Crippen molar-refractivity contribution in [1.29, 1.82) is 0 Å². The van der Waals surface area contributed by atoms with Gasteiger partial charge in [0, 0.05) is 37.2 Å². The van der Waals surface area contributed by atoms with Crippen molar-refractivity contribution in [2.45, 2.75) is 13.0 Å². The Balaban J connectivity index is 1.93. The van der Waals surface area contributed by atoms with Crippen LogP contribution in [0.2, 0.25) is 0 Å². The van der Waals surface area contributed by atoms with Crippen LogP contribution in [-0.4, -0.2) is 18.6 Å². The summed E-state index contributed by atoms with van der Waals surface area (Å²) in [6.07, 6.45) is 2.41. The van der Waals surface area contributed by atoms with Crippen LogP contribution in [0.5, 0.6) is 5.75 Å². The fourth-order valence-corrected chi connectivity index (χ4v) is 1.91. The highest BCUT2D eigenvalue weighted by Gasteiger charge is 2.10. The van der Waals surface area contributed by atoms with Gasteiger partial charge in [-0.05, 0) is 18.2 Å². The number of nitro benzene ring substituents is 1. The van der Waals surface area contributed by atoms with Crippen molar-refractivity contribution in [3.05, 3.63) is 58.0 Å². The van der Waals surface area contributed by atoms with Crippen LogP contribution in [0.1, 0.15) is 11.3 Å². The summed E-state index contributed by atoms with van der Waals surface area (Å²) in [6.45, 7) is 1.23. The number of hydrogen-bond donors (Lipinski definition) is 1. The van der Waals surface area contributed by atoms with E-state index < -0.39 is 4.92 Å². The first-order valence-corrected chi connectivity index (χ1v) is 6.25. The highest BCUT2D eigenvalue weighted by molar-refractivity contribution is 5.43. The number of benzene rings is 1. The smallest absolute Gasteiger partial charge is 0.270 e. The Morgan fingerprint density at radius 2 is 2.25 bits per heavy atom. The number of furan rings is 1. The minimum Gasteiger partial charge on any atom is -0.496 e. The highest BCUT2D eigenvalue weighted by atomic mass is 16.6. The van der Waals surface area contributed by atoms with Gasteiger partial charge in [-0.1, -0.05) is 0 Å². The molecule has 1 N–H and O–H groups in total. The van der Waals surface area contributed by atoms with Crippen LogP contribution >= 0.6 is 0 Å². The largest absolute Gasteiger partial charge is 0.496 e. The molecule has 6 nitrogen and oxygen atoms in total. The lowest BCUT2D eigenvalue weighted by molar-refractivity contribution is -0.384. The lowest BCUT2D eigenvalue weighted by Gasteiger charge is -2.09. The van der Waals surface area contributed by atoms with Crippen LogP contribution in [0.25, 0.3) is 0 Å². The van der Waals surface area contributed by atoms with Gasteiger partial charge in [0.25, 0.3) is 5.69 Å². The Morgan fingerprint density at radius 3 is 2.90 bits per heavy atom. The van der Waals surface area contributed by atoms with Gasteiger partial charge in [-0.2, -0.15) is 0 Å². The highest BCUT2D eigenvalue weighted by Crippen LogP contribution is 2.23. The average Bonchev–Trinajstić information content (AvgIpc) is 2.96. The topological polar surface area (TPSA) is 77.5 Å². The van der Waals surface area contributed by atoms with Gasteiger partial charge in [-0.25, -0.2) is 0 Å². The predicted octanol–water partition coefficient (Wildman–Crippen LogP) is 2.53. The average molecular weight is 276 g/mol. The molecule has 0 aliphatic rings. The summed E-state index contributed by atoms with van der Waals surface area (Å²) in [5.74, 6) is 1.55. The van der Waals surface area contributed by atoms with Gasteiger partial charge in [0.1, 0.15) is 11.5 Å². The van der Waals surface area contributed by atoms with Crippen LogP contribution in [0.15, 0.2) is 41.0 Å². The first kappa shape index (κ1) is 14.1. The van der Waals surface area contributed by atoms with Crippen molar-refractivity contribution in [3.8, 4) is 5.75 Å². The maximum Gasteiger partial charge on any atom is 0.270 e. The van der Waals surface area contributed by atoms with E-state index in [1.54, 1.807) is 19.4 Å². The Morgan fingerprint density at radius 1 is 1.40 bits per heavy atom. The molecule has 0 radical (unpaired) electrons. The quantitative estimate of drug-likeness (QED) is 0.477. The van der Waals surface area contributed by atoms with E-state index in [1.807, 2.05) is 12.1 Å². The zero-order valence-corrected chi connectivity index (χ0v) is 11.2. The van der Waals surface area contributed by atoms with Crippen molar-refractivity contribution < 1.29 is 14.1 Å². The third-order valence-corrected chi connectivity index (χ3v) is 2.92. The normalized spacial score (nSPS) is 10.4. The molecule has 0 aliphatic carbocycles. The molecule has 0 amide bonds. The summed E-state index contributed by atoms with van der Waals surface area (Å²) in [7, 11) is 1.55. The van der Waals surface area contributed by atoms with E-state index in [9.17, 15) is 10.1 Å². The number of methoxy groups -OCH3 is 1. The standard InChI is InChI=1S/C14H16N2O4/c1-19-14-5-4-12(16(17)18)9-11(14)10-15-7-6-13-3-2-8-20-13/h2-5,8-9,15H,6-7,10H2,1H3. The van der Waals surface area contributed by atoms with Crippen molar-refractivity contribution in [2.75, 3.05) is 13.7 Å². The zero-order valence-electron chi connectivity index (χ0n) is 11.2. The van der Waals surface area contributed by atoms with E-state index in [0.717, 1.165) is 24.3 Å². The Kier molecular flexibility index (Phi) is 4.73. The van der Waals surface area contributed by atoms with Gasteiger partial charge in [0.15, 0.2) is 0 Å². The summed E-state index contributed by atoms with van der Waals surface area (Å²) in [6, 6.07) is 8.33. The molecular weight excluding hydrogens is 260 g/mol.